The zero-order chi connectivity index (χ0) is 18.0. The highest BCUT2D eigenvalue weighted by Gasteiger charge is 2.02. The number of esters is 1. The van der Waals surface area contributed by atoms with Gasteiger partial charge in [0.1, 0.15) is 6.61 Å². The van der Waals surface area contributed by atoms with Crippen LogP contribution in [0.15, 0.2) is 18.7 Å². The van der Waals surface area contributed by atoms with Crippen molar-refractivity contribution in [1.82, 2.24) is 9.55 Å². The maximum Gasteiger partial charge on any atom is 0.305 e. The van der Waals surface area contributed by atoms with E-state index in [1.807, 2.05) is 10.8 Å². The summed E-state index contributed by atoms with van der Waals surface area (Å²) < 4.78 is 7.15. The number of ether oxygens (including phenoxy) is 1. The maximum atomic E-state index is 11.6. The topological polar surface area (TPSA) is 44.1 Å². The van der Waals surface area contributed by atoms with Gasteiger partial charge >= 0.3 is 5.97 Å². The second kappa shape index (κ2) is 16.2. The predicted octanol–water partition coefficient (Wildman–Crippen LogP) is 5.91. The van der Waals surface area contributed by atoms with Gasteiger partial charge in [-0.1, -0.05) is 84.0 Å². The Hall–Kier alpha value is -1.32. The number of nitrogens with zero attached hydrogens (tertiary/aromatic N) is 2. The Morgan fingerprint density at radius 3 is 1.96 bits per heavy atom. The Kier molecular flexibility index (Phi) is 14.0. The summed E-state index contributed by atoms with van der Waals surface area (Å²) in [6, 6.07) is 0. The number of hydrogen-bond acceptors (Lipinski definition) is 3. The molecule has 0 aromatic carbocycles. The van der Waals surface area contributed by atoms with Crippen LogP contribution in [0.4, 0.5) is 0 Å². The van der Waals surface area contributed by atoms with Crippen LogP contribution < -0.4 is 0 Å². The van der Waals surface area contributed by atoms with Gasteiger partial charge in [-0.2, -0.15) is 0 Å². The zero-order valence-corrected chi connectivity index (χ0v) is 16.3. The highest BCUT2D eigenvalue weighted by molar-refractivity contribution is 5.69. The summed E-state index contributed by atoms with van der Waals surface area (Å²) >= 11 is 0. The fourth-order valence-corrected chi connectivity index (χ4v) is 3.04. The van der Waals surface area contributed by atoms with E-state index in [0.29, 0.717) is 19.6 Å². The number of carbonyl (C=O) groups excluding carboxylic acids is 1. The number of imidazole rings is 1. The Balaban J connectivity index is 1.75. The van der Waals surface area contributed by atoms with E-state index in [-0.39, 0.29) is 5.97 Å². The summed E-state index contributed by atoms with van der Waals surface area (Å²) in [5.74, 6) is -0.0665. The van der Waals surface area contributed by atoms with Gasteiger partial charge in [0.15, 0.2) is 0 Å². The van der Waals surface area contributed by atoms with Crippen LogP contribution in [-0.2, 0) is 16.1 Å². The Bertz CT molecular complexity index is 404. The molecule has 4 heteroatoms. The molecular formula is C21H38N2O2. The minimum atomic E-state index is -0.0665. The average Bonchev–Trinajstić information content (AvgIpc) is 3.12. The SMILES string of the molecule is CCCCCCCCCCCCCCCC(=O)OCCn1ccnc1. The number of rotatable bonds is 17. The van der Waals surface area contributed by atoms with Crippen LogP contribution in [0.25, 0.3) is 0 Å². The number of unbranched alkanes of at least 4 members (excludes halogenated alkanes) is 12. The van der Waals surface area contributed by atoms with Crippen LogP contribution in [-0.4, -0.2) is 22.1 Å². The minimum absolute atomic E-state index is 0.0665. The van der Waals surface area contributed by atoms with Gasteiger partial charge in [0.2, 0.25) is 0 Å². The molecule has 144 valence electrons. The van der Waals surface area contributed by atoms with Crippen LogP contribution in [0.2, 0.25) is 0 Å². The summed E-state index contributed by atoms with van der Waals surface area (Å²) in [4.78, 5) is 15.6. The van der Waals surface area contributed by atoms with Gasteiger partial charge in [-0.05, 0) is 6.42 Å². The van der Waals surface area contributed by atoms with E-state index in [4.69, 9.17) is 4.74 Å². The molecule has 1 aromatic rings. The van der Waals surface area contributed by atoms with Gasteiger partial charge in [0.25, 0.3) is 0 Å². The molecule has 0 fully saturated rings. The van der Waals surface area contributed by atoms with Crippen molar-refractivity contribution in [3.05, 3.63) is 18.7 Å². The monoisotopic (exact) mass is 350 g/mol. The van der Waals surface area contributed by atoms with Crippen LogP contribution >= 0.6 is 0 Å². The van der Waals surface area contributed by atoms with Crippen molar-refractivity contribution in [2.24, 2.45) is 0 Å². The van der Waals surface area contributed by atoms with Crippen molar-refractivity contribution in [3.8, 4) is 0 Å². The molecule has 0 N–H and O–H groups in total. The van der Waals surface area contributed by atoms with E-state index >= 15 is 0 Å². The third-order valence-corrected chi connectivity index (χ3v) is 4.66. The lowest BCUT2D eigenvalue weighted by Gasteiger charge is -2.05. The highest BCUT2D eigenvalue weighted by atomic mass is 16.5. The average molecular weight is 351 g/mol. The van der Waals surface area contributed by atoms with E-state index in [1.54, 1.807) is 12.5 Å². The van der Waals surface area contributed by atoms with Crippen molar-refractivity contribution >= 4 is 5.97 Å². The van der Waals surface area contributed by atoms with E-state index in [0.717, 1.165) is 12.8 Å². The van der Waals surface area contributed by atoms with Crippen LogP contribution in [0.5, 0.6) is 0 Å². The number of aromatic nitrogens is 2. The molecule has 1 heterocycles. The first-order chi connectivity index (χ1) is 12.3. The minimum Gasteiger partial charge on any atom is -0.464 e. The number of hydrogen-bond donors (Lipinski definition) is 0. The summed E-state index contributed by atoms with van der Waals surface area (Å²) in [6.45, 7) is 3.39. The molecule has 1 aromatic heterocycles. The molecule has 4 nitrogen and oxygen atoms in total. The molecule has 0 saturated heterocycles. The van der Waals surface area contributed by atoms with Crippen molar-refractivity contribution < 1.29 is 9.53 Å². The lowest BCUT2D eigenvalue weighted by Crippen LogP contribution is -2.10. The van der Waals surface area contributed by atoms with E-state index in [9.17, 15) is 4.79 Å². The fourth-order valence-electron chi connectivity index (χ4n) is 3.04. The summed E-state index contributed by atoms with van der Waals surface area (Å²) in [5.41, 5.74) is 0. The lowest BCUT2D eigenvalue weighted by molar-refractivity contribution is -0.144. The Labute approximate surface area is 154 Å². The molecule has 0 aliphatic heterocycles. The standard InChI is InChI=1S/C21H38N2O2/c1-2-3-4-5-6-7-8-9-10-11-12-13-14-15-21(24)25-19-18-23-17-16-22-20-23/h16-17,20H,2-15,18-19H2,1H3. The number of carbonyl (C=O) groups is 1. The van der Waals surface area contributed by atoms with Gasteiger partial charge in [0.05, 0.1) is 12.9 Å². The Morgan fingerprint density at radius 1 is 0.880 bits per heavy atom. The fraction of sp³-hybridized carbons (Fsp3) is 0.810. The quantitative estimate of drug-likeness (QED) is 0.259. The molecule has 25 heavy (non-hydrogen) atoms. The molecule has 0 aliphatic carbocycles. The molecular weight excluding hydrogens is 312 g/mol. The molecule has 0 saturated carbocycles. The lowest BCUT2D eigenvalue weighted by atomic mass is 10.0. The smallest absolute Gasteiger partial charge is 0.305 e. The second-order valence-corrected chi connectivity index (χ2v) is 7.01. The summed E-state index contributed by atoms with van der Waals surface area (Å²) in [6.07, 6.45) is 23.1. The van der Waals surface area contributed by atoms with Gasteiger partial charge < -0.3 is 9.30 Å². The molecule has 0 aliphatic rings. The summed E-state index contributed by atoms with van der Waals surface area (Å²) in [5, 5.41) is 0. The largest absolute Gasteiger partial charge is 0.464 e. The van der Waals surface area contributed by atoms with Crippen LogP contribution in [0.1, 0.15) is 96.8 Å². The van der Waals surface area contributed by atoms with Crippen LogP contribution in [0.3, 0.4) is 0 Å². The van der Waals surface area contributed by atoms with Gasteiger partial charge in [-0.3, -0.25) is 4.79 Å². The molecule has 0 unspecified atom stereocenters. The molecule has 0 amide bonds. The van der Waals surface area contributed by atoms with Crippen molar-refractivity contribution in [2.45, 2.75) is 103 Å². The first-order valence-electron chi connectivity index (χ1n) is 10.4. The van der Waals surface area contributed by atoms with Crippen molar-refractivity contribution in [2.75, 3.05) is 6.61 Å². The van der Waals surface area contributed by atoms with Gasteiger partial charge in [-0.15, -0.1) is 0 Å². The van der Waals surface area contributed by atoms with Crippen molar-refractivity contribution in [3.63, 3.8) is 0 Å². The summed E-state index contributed by atoms with van der Waals surface area (Å²) in [7, 11) is 0. The zero-order valence-electron chi connectivity index (χ0n) is 16.3. The van der Waals surface area contributed by atoms with Gasteiger partial charge in [0, 0.05) is 18.8 Å². The molecule has 1 rings (SSSR count). The van der Waals surface area contributed by atoms with Crippen molar-refractivity contribution in [1.29, 1.82) is 0 Å². The van der Waals surface area contributed by atoms with E-state index < -0.39 is 0 Å². The highest BCUT2D eigenvalue weighted by Crippen LogP contribution is 2.13. The normalized spacial score (nSPS) is 10.9. The molecule has 0 spiro atoms. The first kappa shape index (κ1) is 21.7. The third kappa shape index (κ3) is 13.6. The van der Waals surface area contributed by atoms with E-state index in [1.165, 1.54) is 70.6 Å². The molecule has 0 radical (unpaired) electrons. The van der Waals surface area contributed by atoms with Crippen LogP contribution in [0, 0.1) is 0 Å². The second-order valence-electron chi connectivity index (χ2n) is 7.01. The van der Waals surface area contributed by atoms with Gasteiger partial charge in [-0.25, -0.2) is 4.98 Å². The molecule has 0 bridgehead atoms. The molecule has 0 atom stereocenters. The van der Waals surface area contributed by atoms with E-state index in [2.05, 4.69) is 11.9 Å². The first-order valence-corrected chi connectivity index (χ1v) is 10.4. The maximum absolute atomic E-state index is 11.6. The predicted molar refractivity (Wildman–Crippen MR) is 103 cm³/mol. The third-order valence-electron chi connectivity index (χ3n) is 4.66. The Morgan fingerprint density at radius 2 is 1.44 bits per heavy atom.